The molecule has 0 bridgehead atoms. The molecule has 0 saturated heterocycles. The number of hydrogen-bond donors (Lipinski definition) is 1. The van der Waals surface area contributed by atoms with Crippen molar-refractivity contribution < 1.29 is 9.90 Å². The first-order chi connectivity index (χ1) is 12.8. The first-order valence-electron chi connectivity index (χ1n) is 8.18. The summed E-state index contributed by atoms with van der Waals surface area (Å²) < 4.78 is 4.25. The maximum Gasteiger partial charge on any atom is 0.353 e. The summed E-state index contributed by atoms with van der Waals surface area (Å²) in [7, 11) is 1.60. The molecule has 0 aliphatic heterocycles. The normalized spacial score (nSPS) is 11.2. The van der Waals surface area contributed by atoms with Crippen LogP contribution in [-0.4, -0.2) is 39.8 Å². The third kappa shape index (κ3) is 2.69. The molecule has 0 fully saturated rings. The van der Waals surface area contributed by atoms with E-state index in [0.29, 0.717) is 28.7 Å². The van der Waals surface area contributed by atoms with E-state index in [4.69, 9.17) is 0 Å². The molecule has 0 aliphatic rings. The number of aromatic nitrogens is 6. The van der Waals surface area contributed by atoms with Crippen LogP contribution >= 0.6 is 0 Å². The minimum Gasteiger partial charge on any atom is -0.477 e. The topological polar surface area (TPSA) is 107 Å². The van der Waals surface area contributed by atoms with Gasteiger partial charge in [0.25, 0.3) is 0 Å². The highest BCUT2D eigenvalue weighted by Gasteiger charge is 2.15. The molecular formula is C18H16N6O3. The lowest BCUT2D eigenvalue weighted by Gasteiger charge is -2.03. The number of hydrogen-bond acceptors (Lipinski definition) is 5. The number of carbonyl (C=O) groups is 1. The van der Waals surface area contributed by atoms with Crippen LogP contribution in [0, 0.1) is 13.8 Å². The van der Waals surface area contributed by atoms with Crippen LogP contribution in [-0.2, 0) is 7.05 Å². The Bertz CT molecular complexity index is 1250. The zero-order valence-electron chi connectivity index (χ0n) is 14.9. The fourth-order valence-electron chi connectivity index (χ4n) is 3.05. The second kappa shape index (κ2) is 5.90. The van der Waals surface area contributed by atoms with Gasteiger partial charge >= 0.3 is 11.7 Å². The molecule has 9 heteroatoms. The maximum absolute atomic E-state index is 12.2. The molecule has 27 heavy (non-hydrogen) atoms. The Hall–Kier alpha value is -3.75. The highest BCUT2D eigenvalue weighted by Crippen LogP contribution is 2.21. The molecule has 0 aliphatic carbocycles. The van der Waals surface area contributed by atoms with Crippen molar-refractivity contribution in [2.75, 3.05) is 0 Å². The summed E-state index contributed by atoms with van der Waals surface area (Å²) in [6, 6.07) is 8.74. The second-order valence-corrected chi connectivity index (χ2v) is 6.22. The predicted molar refractivity (Wildman–Crippen MR) is 97.2 cm³/mol. The average molecular weight is 364 g/mol. The molecular weight excluding hydrogens is 348 g/mol. The summed E-state index contributed by atoms with van der Waals surface area (Å²) in [4.78, 5) is 32.4. The molecule has 3 heterocycles. The van der Waals surface area contributed by atoms with Crippen molar-refractivity contribution in [3.63, 3.8) is 0 Å². The van der Waals surface area contributed by atoms with E-state index in [-0.39, 0.29) is 11.4 Å². The van der Waals surface area contributed by atoms with Gasteiger partial charge in [0.15, 0.2) is 0 Å². The summed E-state index contributed by atoms with van der Waals surface area (Å²) >= 11 is 0. The molecule has 0 atom stereocenters. The monoisotopic (exact) mass is 364 g/mol. The van der Waals surface area contributed by atoms with Gasteiger partial charge in [0, 0.05) is 24.5 Å². The molecule has 4 rings (SSSR count). The summed E-state index contributed by atoms with van der Waals surface area (Å²) in [5.41, 5.74) is 2.53. The Kier molecular flexibility index (Phi) is 3.65. The number of rotatable bonds is 3. The highest BCUT2D eigenvalue weighted by atomic mass is 16.4. The predicted octanol–water partition coefficient (Wildman–Crippen LogP) is 1.60. The number of carboxylic acid groups (broad SMARTS) is 1. The van der Waals surface area contributed by atoms with Gasteiger partial charge in [-0.1, -0.05) is 12.1 Å². The zero-order valence-corrected chi connectivity index (χ0v) is 14.9. The van der Waals surface area contributed by atoms with Crippen LogP contribution in [0.1, 0.15) is 22.0 Å². The fourth-order valence-corrected chi connectivity index (χ4v) is 3.05. The molecule has 1 aromatic carbocycles. The summed E-state index contributed by atoms with van der Waals surface area (Å²) in [5, 5.41) is 13.5. The molecule has 0 amide bonds. The third-order valence-corrected chi connectivity index (χ3v) is 4.30. The molecule has 136 valence electrons. The Labute approximate surface area is 153 Å². The van der Waals surface area contributed by atoms with E-state index in [2.05, 4.69) is 15.1 Å². The van der Waals surface area contributed by atoms with Gasteiger partial charge in [0.1, 0.15) is 11.5 Å². The number of nitrogens with zero attached hydrogens (tertiary/aromatic N) is 6. The van der Waals surface area contributed by atoms with Crippen molar-refractivity contribution in [1.29, 1.82) is 0 Å². The summed E-state index contributed by atoms with van der Waals surface area (Å²) in [5.74, 6) is -0.129. The van der Waals surface area contributed by atoms with Crippen molar-refractivity contribution in [1.82, 2.24) is 28.7 Å². The van der Waals surface area contributed by atoms with Gasteiger partial charge in [0.05, 0.1) is 11.4 Å². The standard InChI is InChI=1S/C18H16N6O3/c1-10-8-15(16(25)26)23-9-14(20-17(23)19-10)12-4-6-13(7-5-12)24-11(2)21-22(3)18(24)27/h4-9H,1-3H3,(H,25,26). The highest BCUT2D eigenvalue weighted by molar-refractivity contribution is 5.86. The largest absolute Gasteiger partial charge is 0.477 e. The Morgan fingerprint density at radius 3 is 2.41 bits per heavy atom. The van der Waals surface area contributed by atoms with Crippen LogP contribution in [0.15, 0.2) is 41.3 Å². The third-order valence-electron chi connectivity index (χ3n) is 4.30. The van der Waals surface area contributed by atoms with Crippen molar-refractivity contribution in [2.45, 2.75) is 13.8 Å². The lowest BCUT2D eigenvalue weighted by Crippen LogP contribution is -2.21. The second-order valence-electron chi connectivity index (χ2n) is 6.22. The van der Waals surface area contributed by atoms with Gasteiger partial charge < -0.3 is 5.11 Å². The smallest absolute Gasteiger partial charge is 0.353 e. The Balaban J connectivity index is 1.80. The van der Waals surface area contributed by atoms with Gasteiger partial charge in [-0.2, -0.15) is 5.10 Å². The minimum atomic E-state index is -1.05. The van der Waals surface area contributed by atoms with E-state index in [1.165, 1.54) is 19.7 Å². The van der Waals surface area contributed by atoms with Gasteiger partial charge in [-0.05, 0) is 32.0 Å². The lowest BCUT2D eigenvalue weighted by atomic mass is 10.1. The van der Waals surface area contributed by atoms with Crippen molar-refractivity contribution in [3.05, 3.63) is 64.2 Å². The fraction of sp³-hybridized carbons (Fsp3) is 0.167. The number of fused-ring (bicyclic) bond motifs is 1. The van der Waals surface area contributed by atoms with Crippen LogP contribution in [0.4, 0.5) is 0 Å². The number of aryl methyl sites for hydroxylation is 3. The van der Waals surface area contributed by atoms with Gasteiger partial charge in [-0.25, -0.2) is 28.8 Å². The van der Waals surface area contributed by atoms with Crippen molar-refractivity contribution in [3.8, 4) is 16.9 Å². The lowest BCUT2D eigenvalue weighted by molar-refractivity contribution is 0.0688. The summed E-state index contributed by atoms with van der Waals surface area (Å²) in [6.45, 7) is 3.49. The van der Waals surface area contributed by atoms with Gasteiger partial charge in [0.2, 0.25) is 5.78 Å². The molecule has 0 spiro atoms. The zero-order chi connectivity index (χ0) is 19.3. The molecule has 3 aromatic heterocycles. The van der Waals surface area contributed by atoms with Crippen LogP contribution in [0.2, 0.25) is 0 Å². The number of aromatic carboxylic acids is 1. The molecule has 4 aromatic rings. The van der Waals surface area contributed by atoms with Gasteiger partial charge in [-0.3, -0.25) is 4.40 Å². The van der Waals surface area contributed by atoms with Crippen LogP contribution < -0.4 is 5.69 Å². The maximum atomic E-state index is 12.2. The minimum absolute atomic E-state index is 0.102. The molecule has 1 N–H and O–H groups in total. The molecule has 0 unspecified atom stereocenters. The van der Waals surface area contributed by atoms with E-state index in [1.807, 2.05) is 12.1 Å². The van der Waals surface area contributed by atoms with E-state index in [0.717, 1.165) is 5.56 Å². The number of imidazole rings is 1. The SMILES string of the molecule is Cc1cc(C(=O)O)n2cc(-c3ccc(-n4c(C)nn(C)c4=O)cc3)nc2n1. The van der Waals surface area contributed by atoms with Crippen LogP contribution in [0.25, 0.3) is 22.7 Å². The first kappa shape index (κ1) is 16.7. The van der Waals surface area contributed by atoms with Crippen molar-refractivity contribution >= 4 is 11.7 Å². The Morgan fingerprint density at radius 1 is 1.11 bits per heavy atom. The van der Waals surface area contributed by atoms with E-state index in [1.54, 1.807) is 39.2 Å². The summed E-state index contributed by atoms with van der Waals surface area (Å²) in [6.07, 6.45) is 1.64. The van der Waals surface area contributed by atoms with E-state index in [9.17, 15) is 14.7 Å². The van der Waals surface area contributed by atoms with Crippen LogP contribution in [0.5, 0.6) is 0 Å². The first-order valence-corrected chi connectivity index (χ1v) is 8.18. The Morgan fingerprint density at radius 2 is 1.81 bits per heavy atom. The number of carboxylic acids is 1. The van der Waals surface area contributed by atoms with E-state index >= 15 is 0 Å². The molecule has 0 saturated carbocycles. The molecule has 9 nitrogen and oxygen atoms in total. The van der Waals surface area contributed by atoms with Crippen molar-refractivity contribution in [2.24, 2.45) is 7.05 Å². The van der Waals surface area contributed by atoms with E-state index < -0.39 is 5.97 Å². The van der Waals surface area contributed by atoms with Gasteiger partial charge in [-0.15, -0.1) is 0 Å². The van der Waals surface area contributed by atoms with Crippen LogP contribution in [0.3, 0.4) is 0 Å². The molecule has 0 radical (unpaired) electrons. The quantitative estimate of drug-likeness (QED) is 0.592. The average Bonchev–Trinajstić information content (AvgIpc) is 3.15. The number of benzene rings is 1.